The van der Waals surface area contributed by atoms with Gasteiger partial charge in [-0.1, -0.05) is 19.3 Å². The van der Waals surface area contributed by atoms with Crippen LogP contribution >= 0.6 is 0 Å². The molecule has 0 aliphatic heterocycles. The zero-order valence-corrected chi connectivity index (χ0v) is 12.0. The number of aromatic amines is 1. The number of ether oxygens (including phenoxy) is 1. The van der Waals surface area contributed by atoms with E-state index in [1.54, 1.807) is 6.07 Å². The van der Waals surface area contributed by atoms with Crippen molar-refractivity contribution in [2.45, 2.75) is 32.1 Å². The Morgan fingerprint density at radius 3 is 2.48 bits per heavy atom. The average molecular weight is 284 g/mol. The van der Waals surface area contributed by atoms with Crippen molar-refractivity contribution in [3.63, 3.8) is 0 Å². The van der Waals surface area contributed by atoms with E-state index in [1.807, 2.05) is 24.3 Å². The summed E-state index contributed by atoms with van der Waals surface area (Å²) in [6.07, 6.45) is 6.63. The summed E-state index contributed by atoms with van der Waals surface area (Å²) in [6.45, 7) is 0.816. The van der Waals surface area contributed by atoms with Crippen molar-refractivity contribution in [2.24, 2.45) is 5.92 Å². The van der Waals surface area contributed by atoms with Gasteiger partial charge in [0.2, 0.25) is 0 Å². The second-order valence-electron chi connectivity index (χ2n) is 5.65. The van der Waals surface area contributed by atoms with Crippen molar-refractivity contribution in [3.05, 3.63) is 46.8 Å². The molecule has 1 N–H and O–H groups in total. The Morgan fingerprint density at radius 2 is 1.81 bits per heavy atom. The molecule has 1 aliphatic carbocycles. The molecule has 21 heavy (non-hydrogen) atoms. The highest BCUT2D eigenvalue weighted by Gasteiger charge is 2.13. The fourth-order valence-electron chi connectivity index (χ4n) is 2.80. The zero-order valence-electron chi connectivity index (χ0n) is 12.0. The molecule has 1 aromatic carbocycles. The SMILES string of the molecule is O=c1ccc(-c2ccc(OCC3CCCCC3)cc2)n[nH]1. The summed E-state index contributed by atoms with van der Waals surface area (Å²) in [7, 11) is 0. The van der Waals surface area contributed by atoms with Gasteiger partial charge in [-0.05, 0) is 49.1 Å². The lowest BCUT2D eigenvalue weighted by Crippen LogP contribution is -2.15. The summed E-state index contributed by atoms with van der Waals surface area (Å²) < 4.78 is 5.88. The first kappa shape index (κ1) is 13.9. The minimum Gasteiger partial charge on any atom is -0.493 e. The minimum absolute atomic E-state index is 0.189. The van der Waals surface area contributed by atoms with Crippen LogP contribution in [-0.2, 0) is 0 Å². The lowest BCUT2D eigenvalue weighted by atomic mass is 9.90. The van der Waals surface area contributed by atoms with Crippen LogP contribution in [0.25, 0.3) is 11.3 Å². The van der Waals surface area contributed by atoms with Gasteiger partial charge in [0, 0.05) is 11.6 Å². The van der Waals surface area contributed by atoms with Crippen molar-refractivity contribution >= 4 is 0 Å². The van der Waals surface area contributed by atoms with Crippen molar-refractivity contribution in [3.8, 4) is 17.0 Å². The molecular formula is C17H20N2O2. The van der Waals surface area contributed by atoms with Gasteiger partial charge in [-0.25, -0.2) is 5.10 Å². The normalized spacial score (nSPS) is 15.8. The molecule has 0 amide bonds. The molecule has 0 radical (unpaired) electrons. The van der Waals surface area contributed by atoms with Crippen LogP contribution in [0.3, 0.4) is 0 Å². The molecule has 0 atom stereocenters. The number of hydrogen-bond donors (Lipinski definition) is 1. The Kier molecular flexibility index (Phi) is 4.34. The molecular weight excluding hydrogens is 264 g/mol. The van der Waals surface area contributed by atoms with Crippen molar-refractivity contribution in [1.82, 2.24) is 10.2 Å². The molecule has 1 fully saturated rings. The first-order chi connectivity index (χ1) is 10.3. The van der Waals surface area contributed by atoms with Gasteiger partial charge in [-0.15, -0.1) is 0 Å². The predicted molar refractivity (Wildman–Crippen MR) is 82.4 cm³/mol. The van der Waals surface area contributed by atoms with E-state index < -0.39 is 0 Å². The van der Waals surface area contributed by atoms with Gasteiger partial charge in [0.05, 0.1) is 12.3 Å². The molecule has 1 saturated carbocycles. The van der Waals surface area contributed by atoms with Crippen LogP contribution in [0.1, 0.15) is 32.1 Å². The third-order valence-corrected chi connectivity index (χ3v) is 4.04. The summed E-state index contributed by atoms with van der Waals surface area (Å²) >= 11 is 0. The fourth-order valence-corrected chi connectivity index (χ4v) is 2.80. The molecule has 110 valence electrons. The van der Waals surface area contributed by atoms with Crippen LogP contribution < -0.4 is 10.3 Å². The first-order valence-corrected chi connectivity index (χ1v) is 7.60. The standard InChI is InChI=1S/C17H20N2O2/c20-17-11-10-16(18-19-17)14-6-8-15(9-7-14)21-12-13-4-2-1-3-5-13/h6-11,13H,1-5,12H2,(H,19,20). The van der Waals surface area contributed by atoms with E-state index in [-0.39, 0.29) is 5.56 Å². The summed E-state index contributed by atoms with van der Waals surface area (Å²) in [5, 5.41) is 6.46. The molecule has 4 heteroatoms. The van der Waals surface area contributed by atoms with E-state index >= 15 is 0 Å². The van der Waals surface area contributed by atoms with Gasteiger partial charge in [0.25, 0.3) is 5.56 Å². The fraction of sp³-hybridized carbons (Fsp3) is 0.412. The summed E-state index contributed by atoms with van der Waals surface area (Å²) in [4.78, 5) is 11.0. The van der Waals surface area contributed by atoms with Crippen LogP contribution in [-0.4, -0.2) is 16.8 Å². The number of nitrogens with one attached hydrogen (secondary N) is 1. The molecule has 0 unspecified atom stereocenters. The highest BCUT2D eigenvalue weighted by atomic mass is 16.5. The van der Waals surface area contributed by atoms with Crippen LogP contribution in [0.2, 0.25) is 0 Å². The lowest BCUT2D eigenvalue weighted by molar-refractivity contribution is 0.209. The van der Waals surface area contributed by atoms with E-state index in [0.717, 1.165) is 23.6 Å². The Hall–Kier alpha value is -2.10. The molecule has 0 bridgehead atoms. The number of benzene rings is 1. The van der Waals surface area contributed by atoms with Gasteiger partial charge in [-0.2, -0.15) is 5.10 Å². The number of hydrogen-bond acceptors (Lipinski definition) is 3. The van der Waals surface area contributed by atoms with Gasteiger partial charge in [0.1, 0.15) is 5.75 Å². The maximum atomic E-state index is 11.0. The highest BCUT2D eigenvalue weighted by Crippen LogP contribution is 2.25. The lowest BCUT2D eigenvalue weighted by Gasteiger charge is -2.21. The predicted octanol–water partition coefficient (Wildman–Crippen LogP) is 3.40. The van der Waals surface area contributed by atoms with E-state index in [0.29, 0.717) is 5.92 Å². The number of nitrogens with zero attached hydrogens (tertiary/aromatic N) is 1. The molecule has 3 rings (SSSR count). The maximum Gasteiger partial charge on any atom is 0.264 e. The zero-order chi connectivity index (χ0) is 14.5. The number of H-pyrrole nitrogens is 1. The topological polar surface area (TPSA) is 55.0 Å². The molecule has 1 aromatic heterocycles. The van der Waals surface area contributed by atoms with Crippen LogP contribution in [0.4, 0.5) is 0 Å². The quantitative estimate of drug-likeness (QED) is 0.936. The van der Waals surface area contributed by atoms with Crippen LogP contribution in [0.15, 0.2) is 41.2 Å². The van der Waals surface area contributed by atoms with Gasteiger partial charge in [-0.3, -0.25) is 4.79 Å². The number of rotatable bonds is 4. The average Bonchev–Trinajstić information content (AvgIpc) is 2.55. The Balaban J connectivity index is 1.61. The highest BCUT2D eigenvalue weighted by molar-refractivity contribution is 5.59. The third kappa shape index (κ3) is 3.72. The van der Waals surface area contributed by atoms with Crippen molar-refractivity contribution < 1.29 is 4.74 Å². The Bertz CT molecular complexity index is 607. The molecule has 1 aliphatic rings. The molecule has 0 saturated heterocycles. The first-order valence-electron chi connectivity index (χ1n) is 7.60. The van der Waals surface area contributed by atoms with Crippen LogP contribution in [0, 0.1) is 5.92 Å². The van der Waals surface area contributed by atoms with Gasteiger partial charge < -0.3 is 4.74 Å². The summed E-state index contributed by atoms with van der Waals surface area (Å²) in [5.74, 6) is 1.60. The smallest absolute Gasteiger partial charge is 0.264 e. The van der Waals surface area contributed by atoms with Gasteiger partial charge in [0.15, 0.2) is 0 Å². The Labute approximate surface area is 124 Å². The second-order valence-corrected chi connectivity index (χ2v) is 5.65. The molecule has 4 nitrogen and oxygen atoms in total. The summed E-state index contributed by atoms with van der Waals surface area (Å²) in [5.41, 5.74) is 1.54. The van der Waals surface area contributed by atoms with Gasteiger partial charge >= 0.3 is 0 Å². The molecule has 2 aromatic rings. The maximum absolute atomic E-state index is 11.0. The molecule has 0 spiro atoms. The van der Waals surface area contributed by atoms with Crippen molar-refractivity contribution in [2.75, 3.05) is 6.61 Å². The monoisotopic (exact) mass is 284 g/mol. The Morgan fingerprint density at radius 1 is 1.05 bits per heavy atom. The second kappa shape index (κ2) is 6.57. The number of aromatic nitrogens is 2. The van der Waals surface area contributed by atoms with E-state index in [4.69, 9.17) is 4.74 Å². The van der Waals surface area contributed by atoms with E-state index in [1.165, 1.54) is 38.2 Å². The largest absolute Gasteiger partial charge is 0.493 e. The molecule has 1 heterocycles. The van der Waals surface area contributed by atoms with Crippen molar-refractivity contribution in [1.29, 1.82) is 0 Å². The third-order valence-electron chi connectivity index (χ3n) is 4.04. The van der Waals surface area contributed by atoms with Crippen LogP contribution in [0.5, 0.6) is 5.75 Å². The summed E-state index contributed by atoms with van der Waals surface area (Å²) in [6, 6.07) is 11.1. The van der Waals surface area contributed by atoms with E-state index in [2.05, 4.69) is 10.2 Å². The van der Waals surface area contributed by atoms with E-state index in [9.17, 15) is 4.79 Å². The minimum atomic E-state index is -0.189.